The van der Waals surface area contributed by atoms with Crippen molar-refractivity contribution in [2.75, 3.05) is 31.4 Å². The van der Waals surface area contributed by atoms with E-state index in [-0.39, 0.29) is 17.3 Å². The number of nitrogens with zero attached hydrogens (tertiary/aromatic N) is 4. The lowest BCUT2D eigenvalue weighted by molar-refractivity contribution is -0.383. The Kier molecular flexibility index (Phi) is 5.43. The molecule has 0 saturated heterocycles. The van der Waals surface area contributed by atoms with E-state index in [1.54, 1.807) is 19.1 Å². The van der Waals surface area contributed by atoms with Crippen LogP contribution >= 0.6 is 0 Å². The van der Waals surface area contributed by atoms with Crippen LogP contribution in [0.2, 0.25) is 0 Å². The van der Waals surface area contributed by atoms with E-state index in [0.29, 0.717) is 12.5 Å². The summed E-state index contributed by atoms with van der Waals surface area (Å²) < 4.78 is 0. The number of hydrogen-bond acceptors (Lipinski definition) is 7. The van der Waals surface area contributed by atoms with Crippen LogP contribution < -0.4 is 10.7 Å². The average molecular weight is 268 g/mol. The molecule has 0 aliphatic heterocycles. The second kappa shape index (κ2) is 6.83. The number of aromatic nitrogens is 2. The van der Waals surface area contributed by atoms with Gasteiger partial charge in [0.1, 0.15) is 6.33 Å². The molecule has 2 N–H and O–H groups in total. The van der Waals surface area contributed by atoms with Crippen molar-refractivity contribution in [3.05, 3.63) is 16.4 Å². The zero-order valence-corrected chi connectivity index (χ0v) is 11.7. The normalized spacial score (nSPS) is 10.8. The van der Waals surface area contributed by atoms with Gasteiger partial charge in [0.05, 0.1) is 4.92 Å². The molecule has 0 amide bonds. The summed E-state index contributed by atoms with van der Waals surface area (Å²) in [4.78, 5) is 18.5. The van der Waals surface area contributed by atoms with Gasteiger partial charge in [0, 0.05) is 20.6 Å². The Morgan fingerprint density at radius 1 is 1.37 bits per heavy atom. The maximum atomic E-state index is 11.1. The largest absolute Gasteiger partial charge is 0.364 e. The summed E-state index contributed by atoms with van der Waals surface area (Å²) >= 11 is 0. The standard InChI is InChI=1S/C11H20N6O2/c1-8(2)5-6-12-10-9(17(18)19)11(14-7-13-10)15-16(3)4/h7-8H,5-6H2,1-4H3,(H2,12,13,14,15). The molecule has 0 bridgehead atoms. The summed E-state index contributed by atoms with van der Waals surface area (Å²) in [5.41, 5.74) is 2.66. The Morgan fingerprint density at radius 3 is 2.53 bits per heavy atom. The van der Waals surface area contributed by atoms with Gasteiger partial charge in [-0.15, -0.1) is 0 Å². The zero-order valence-electron chi connectivity index (χ0n) is 11.7. The molecule has 106 valence electrons. The fraction of sp³-hybridized carbons (Fsp3) is 0.636. The zero-order chi connectivity index (χ0) is 14.4. The smallest absolute Gasteiger partial charge is 0.354 e. The topological polar surface area (TPSA) is 96.2 Å². The molecule has 0 fully saturated rings. The number of rotatable bonds is 7. The number of hydrogen-bond donors (Lipinski definition) is 2. The molecule has 0 atom stereocenters. The maximum Gasteiger partial charge on any atom is 0.354 e. The van der Waals surface area contributed by atoms with Crippen molar-refractivity contribution in [1.29, 1.82) is 0 Å². The highest BCUT2D eigenvalue weighted by Crippen LogP contribution is 2.28. The highest BCUT2D eigenvalue weighted by molar-refractivity contribution is 5.68. The second-order valence-corrected chi connectivity index (χ2v) is 4.79. The predicted molar refractivity (Wildman–Crippen MR) is 73.9 cm³/mol. The van der Waals surface area contributed by atoms with Gasteiger partial charge >= 0.3 is 5.69 Å². The monoisotopic (exact) mass is 268 g/mol. The van der Waals surface area contributed by atoms with Crippen molar-refractivity contribution >= 4 is 17.3 Å². The molecule has 0 spiro atoms. The molecule has 0 aliphatic carbocycles. The molecule has 1 rings (SSSR count). The van der Waals surface area contributed by atoms with Crippen LogP contribution in [0.15, 0.2) is 6.33 Å². The molecule has 19 heavy (non-hydrogen) atoms. The van der Waals surface area contributed by atoms with E-state index in [2.05, 4.69) is 34.6 Å². The van der Waals surface area contributed by atoms with Crippen LogP contribution in [-0.4, -0.2) is 40.5 Å². The van der Waals surface area contributed by atoms with Crippen LogP contribution in [0.25, 0.3) is 0 Å². The SMILES string of the molecule is CC(C)CCNc1ncnc(NN(C)C)c1[N+](=O)[O-]. The van der Waals surface area contributed by atoms with Crippen LogP contribution in [0, 0.1) is 16.0 Å². The van der Waals surface area contributed by atoms with Crippen molar-refractivity contribution in [1.82, 2.24) is 15.0 Å². The minimum absolute atomic E-state index is 0.139. The van der Waals surface area contributed by atoms with Crippen LogP contribution in [0.4, 0.5) is 17.3 Å². The first-order valence-electron chi connectivity index (χ1n) is 6.09. The van der Waals surface area contributed by atoms with Gasteiger partial charge in [0.2, 0.25) is 11.6 Å². The highest BCUT2D eigenvalue weighted by atomic mass is 16.6. The van der Waals surface area contributed by atoms with Crippen LogP contribution in [-0.2, 0) is 0 Å². The average Bonchev–Trinajstić information content (AvgIpc) is 2.27. The number of anilines is 2. The van der Waals surface area contributed by atoms with Gasteiger partial charge in [0.25, 0.3) is 0 Å². The van der Waals surface area contributed by atoms with E-state index in [4.69, 9.17) is 0 Å². The Morgan fingerprint density at radius 2 is 2.00 bits per heavy atom. The number of hydrazine groups is 1. The molecule has 0 unspecified atom stereocenters. The second-order valence-electron chi connectivity index (χ2n) is 4.79. The Hall–Kier alpha value is -1.96. The van der Waals surface area contributed by atoms with Gasteiger partial charge in [0.15, 0.2) is 0 Å². The van der Waals surface area contributed by atoms with Crippen LogP contribution in [0.5, 0.6) is 0 Å². The summed E-state index contributed by atoms with van der Waals surface area (Å²) in [5, 5.41) is 15.7. The van der Waals surface area contributed by atoms with Gasteiger partial charge in [-0.3, -0.25) is 15.5 Å². The van der Waals surface area contributed by atoms with E-state index >= 15 is 0 Å². The first kappa shape index (κ1) is 15.1. The molecule has 1 aromatic heterocycles. The van der Waals surface area contributed by atoms with Gasteiger partial charge < -0.3 is 5.32 Å². The lowest BCUT2D eigenvalue weighted by atomic mass is 10.1. The molecule has 0 aliphatic rings. The lowest BCUT2D eigenvalue weighted by Gasteiger charge is -2.14. The Bertz CT molecular complexity index is 435. The molecule has 1 aromatic rings. The van der Waals surface area contributed by atoms with E-state index in [1.165, 1.54) is 6.33 Å². The minimum atomic E-state index is -0.483. The van der Waals surface area contributed by atoms with E-state index in [9.17, 15) is 10.1 Å². The van der Waals surface area contributed by atoms with E-state index in [1.807, 2.05) is 0 Å². The molecular formula is C11H20N6O2. The van der Waals surface area contributed by atoms with Crippen molar-refractivity contribution < 1.29 is 4.92 Å². The third-order valence-corrected chi connectivity index (χ3v) is 2.35. The molecule has 1 heterocycles. The highest BCUT2D eigenvalue weighted by Gasteiger charge is 2.23. The minimum Gasteiger partial charge on any atom is -0.364 e. The summed E-state index contributed by atoms with van der Waals surface area (Å²) in [6, 6.07) is 0. The fourth-order valence-electron chi connectivity index (χ4n) is 1.45. The molecule has 0 saturated carbocycles. The third kappa shape index (κ3) is 4.66. The van der Waals surface area contributed by atoms with Crippen molar-refractivity contribution in [3.8, 4) is 0 Å². The van der Waals surface area contributed by atoms with Gasteiger partial charge in [-0.05, 0) is 12.3 Å². The molecule has 0 aromatic carbocycles. The first-order chi connectivity index (χ1) is 8.91. The van der Waals surface area contributed by atoms with Crippen molar-refractivity contribution in [3.63, 3.8) is 0 Å². The van der Waals surface area contributed by atoms with Gasteiger partial charge in [-0.2, -0.15) is 0 Å². The fourth-order valence-corrected chi connectivity index (χ4v) is 1.45. The maximum absolute atomic E-state index is 11.1. The molecular weight excluding hydrogens is 248 g/mol. The van der Waals surface area contributed by atoms with E-state index in [0.717, 1.165) is 6.42 Å². The number of nitro groups is 1. The Labute approximate surface area is 112 Å². The quantitative estimate of drug-likeness (QED) is 0.574. The summed E-state index contributed by atoms with van der Waals surface area (Å²) in [6.45, 7) is 4.82. The van der Waals surface area contributed by atoms with Gasteiger partial charge in [-0.1, -0.05) is 13.8 Å². The van der Waals surface area contributed by atoms with Gasteiger partial charge in [-0.25, -0.2) is 15.0 Å². The summed E-state index contributed by atoms with van der Waals surface area (Å²) in [5.74, 6) is 0.940. The summed E-state index contributed by atoms with van der Waals surface area (Å²) in [6.07, 6.45) is 2.22. The predicted octanol–water partition coefficient (Wildman–Crippen LogP) is 1.73. The first-order valence-corrected chi connectivity index (χ1v) is 6.09. The lowest BCUT2D eigenvalue weighted by Crippen LogP contribution is -2.22. The Balaban J connectivity index is 2.93. The van der Waals surface area contributed by atoms with Crippen molar-refractivity contribution in [2.45, 2.75) is 20.3 Å². The molecule has 0 radical (unpaired) electrons. The van der Waals surface area contributed by atoms with E-state index < -0.39 is 4.92 Å². The van der Waals surface area contributed by atoms with Crippen LogP contribution in [0.1, 0.15) is 20.3 Å². The van der Waals surface area contributed by atoms with Crippen molar-refractivity contribution in [2.24, 2.45) is 5.92 Å². The van der Waals surface area contributed by atoms with Crippen LogP contribution in [0.3, 0.4) is 0 Å². The molecule has 8 heteroatoms. The molecule has 8 nitrogen and oxygen atoms in total. The third-order valence-electron chi connectivity index (χ3n) is 2.35. The summed E-state index contributed by atoms with van der Waals surface area (Å²) in [7, 11) is 3.47. The number of nitrogens with one attached hydrogen (secondary N) is 2.